The van der Waals surface area contributed by atoms with E-state index in [1.165, 1.54) is 6.92 Å². The lowest BCUT2D eigenvalue weighted by atomic mass is 9.91. The monoisotopic (exact) mass is 710 g/mol. The van der Waals surface area contributed by atoms with Crippen LogP contribution in [-0.4, -0.2) is 46.4 Å². The second kappa shape index (κ2) is 18.7. The molecule has 0 saturated carbocycles. The maximum absolute atomic E-state index is 12.5. The van der Waals surface area contributed by atoms with E-state index >= 15 is 0 Å². The zero-order valence-electron chi connectivity index (χ0n) is 29.0. The number of hydrogen-bond acceptors (Lipinski definition) is 7. The predicted octanol–water partition coefficient (Wildman–Crippen LogP) is 7.44. The lowest BCUT2D eigenvalue weighted by molar-refractivity contribution is -0.268. The maximum atomic E-state index is 12.5. The van der Waals surface area contributed by atoms with Crippen molar-refractivity contribution in [3.63, 3.8) is 0 Å². The summed E-state index contributed by atoms with van der Waals surface area (Å²) in [5, 5.41) is 24.7. The van der Waals surface area contributed by atoms with E-state index in [0.717, 1.165) is 57.5 Å². The molecule has 4 atom stereocenters. The van der Waals surface area contributed by atoms with Crippen LogP contribution in [0.3, 0.4) is 0 Å². The number of carbonyl (C=O) groups excluding carboxylic acids is 2. The van der Waals surface area contributed by atoms with Gasteiger partial charge in [-0.3, -0.25) is 9.59 Å². The summed E-state index contributed by atoms with van der Waals surface area (Å²) in [6, 6.07) is 30.9. The summed E-state index contributed by atoms with van der Waals surface area (Å²) >= 11 is 1.62. The Balaban J connectivity index is 1.27. The number of carboxylic acid groups (broad SMARTS) is 1. The molecule has 5 rings (SSSR count). The molecule has 10 heteroatoms. The molecule has 0 aliphatic carbocycles. The molecule has 0 aromatic heterocycles. The fraction of sp³-hybridized carbons (Fsp3) is 0.341. The number of amides is 2. The molecule has 1 saturated heterocycles. The van der Waals surface area contributed by atoms with Crippen molar-refractivity contribution >= 4 is 29.5 Å². The van der Waals surface area contributed by atoms with Crippen LogP contribution in [0, 0.1) is 5.92 Å². The Kier molecular flexibility index (Phi) is 13.8. The second-order valence-electron chi connectivity index (χ2n) is 12.9. The van der Waals surface area contributed by atoms with Crippen LogP contribution in [0.1, 0.15) is 84.5 Å². The van der Waals surface area contributed by atoms with Gasteiger partial charge in [-0.05, 0) is 77.1 Å². The number of aliphatic hydroxyl groups is 1. The van der Waals surface area contributed by atoms with Gasteiger partial charge in [0.05, 0.1) is 24.4 Å². The first-order valence-electron chi connectivity index (χ1n) is 17.4. The van der Waals surface area contributed by atoms with Crippen LogP contribution in [0.15, 0.2) is 102 Å². The standard InChI is InChI=1S/C41H46N2O7S/c1-27-37(26-51-36-19-17-32(18-20-36)40(47)48)49-41(50-39(27)31-15-13-29(25-44)14-16-31)35-11-7-10-34(23-35)33-9-6-8-30(22-33)24-43-38(46)12-4-3-5-21-42-28(2)45/h6-11,13-20,22-23,27,37,39,41,44H,3-5,12,21,24-26H2,1-2H3,(H,42,45)(H,43,46)(H,47,48). The molecule has 51 heavy (non-hydrogen) atoms. The van der Waals surface area contributed by atoms with Crippen molar-refractivity contribution in [2.24, 2.45) is 5.92 Å². The molecule has 4 aromatic carbocycles. The van der Waals surface area contributed by atoms with Crippen LogP contribution < -0.4 is 10.6 Å². The van der Waals surface area contributed by atoms with Crippen LogP contribution in [0.25, 0.3) is 11.1 Å². The SMILES string of the molecule is CC(=O)NCCCCCC(=O)NCc1cccc(-c2cccc(C3OC(CSc4ccc(C(=O)O)cc4)C(C)C(c4ccc(CO)cc4)O3)c2)c1. The van der Waals surface area contributed by atoms with Gasteiger partial charge in [-0.15, -0.1) is 11.8 Å². The average molecular weight is 711 g/mol. The lowest BCUT2D eigenvalue weighted by Crippen LogP contribution is -2.38. The fourth-order valence-corrected chi connectivity index (χ4v) is 7.12. The van der Waals surface area contributed by atoms with Gasteiger partial charge < -0.3 is 30.3 Å². The van der Waals surface area contributed by atoms with Crippen molar-refractivity contribution in [3.8, 4) is 11.1 Å². The Morgan fingerprint density at radius 2 is 1.51 bits per heavy atom. The van der Waals surface area contributed by atoms with Crippen molar-refractivity contribution in [3.05, 3.63) is 125 Å². The highest BCUT2D eigenvalue weighted by atomic mass is 32.2. The van der Waals surface area contributed by atoms with Gasteiger partial charge in [-0.2, -0.15) is 0 Å². The zero-order valence-corrected chi connectivity index (χ0v) is 29.9. The molecule has 1 aliphatic heterocycles. The van der Waals surface area contributed by atoms with Crippen molar-refractivity contribution in [1.82, 2.24) is 10.6 Å². The molecule has 268 valence electrons. The Morgan fingerprint density at radius 1 is 0.784 bits per heavy atom. The van der Waals surface area contributed by atoms with Gasteiger partial charge in [0.25, 0.3) is 0 Å². The highest BCUT2D eigenvalue weighted by Gasteiger charge is 2.38. The summed E-state index contributed by atoms with van der Waals surface area (Å²) in [6.07, 6.45) is 1.89. The first-order chi connectivity index (χ1) is 24.7. The average Bonchev–Trinajstić information content (AvgIpc) is 3.15. The number of hydrogen-bond donors (Lipinski definition) is 4. The third-order valence-electron chi connectivity index (χ3n) is 9.00. The molecule has 4 aromatic rings. The fourth-order valence-electron chi connectivity index (χ4n) is 6.05. The van der Waals surface area contributed by atoms with E-state index in [-0.39, 0.29) is 42.1 Å². The van der Waals surface area contributed by atoms with Crippen molar-refractivity contribution in [2.75, 3.05) is 12.3 Å². The molecule has 0 radical (unpaired) electrons. The van der Waals surface area contributed by atoms with Gasteiger partial charge >= 0.3 is 5.97 Å². The molecule has 9 nitrogen and oxygen atoms in total. The maximum Gasteiger partial charge on any atom is 0.335 e. The minimum Gasteiger partial charge on any atom is -0.478 e. The number of benzene rings is 4. The van der Waals surface area contributed by atoms with Crippen LogP contribution in [-0.2, 0) is 32.2 Å². The zero-order chi connectivity index (χ0) is 36.2. The van der Waals surface area contributed by atoms with E-state index in [1.807, 2.05) is 72.8 Å². The Morgan fingerprint density at radius 3 is 2.22 bits per heavy atom. The molecule has 2 amide bonds. The third kappa shape index (κ3) is 11.0. The molecule has 1 fully saturated rings. The summed E-state index contributed by atoms with van der Waals surface area (Å²) < 4.78 is 13.4. The third-order valence-corrected chi connectivity index (χ3v) is 10.1. The summed E-state index contributed by atoms with van der Waals surface area (Å²) in [5.41, 5.74) is 5.98. The number of carbonyl (C=O) groups is 3. The van der Waals surface area contributed by atoms with Gasteiger partial charge in [-0.25, -0.2) is 4.79 Å². The van der Waals surface area contributed by atoms with Gasteiger partial charge in [0.2, 0.25) is 11.8 Å². The number of unbranched alkanes of at least 4 members (excludes halogenated alkanes) is 2. The van der Waals surface area contributed by atoms with Crippen molar-refractivity contribution < 1.29 is 34.1 Å². The van der Waals surface area contributed by atoms with E-state index in [9.17, 15) is 24.6 Å². The first kappa shape index (κ1) is 37.8. The number of ether oxygens (including phenoxy) is 2. The molecule has 1 heterocycles. The molecule has 0 spiro atoms. The smallest absolute Gasteiger partial charge is 0.335 e. The molecular weight excluding hydrogens is 665 g/mol. The van der Waals surface area contributed by atoms with E-state index in [2.05, 4.69) is 29.7 Å². The van der Waals surface area contributed by atoms with Gasteiger partial charge in [-0.1, -0.05) is 74.0 Å². The molecular formula is C41H46N2O7S. The summed E-state index contributed by atoms with van der Waals surface area (Å²) in [5.74, 6) is -0.334. The van der Waals surface area contributed by atoms with Crippen LogP contribution in [0.4, 0.5) is 0 Å². The summed E-state index contributed by atoms with van der Waals surface area (Å²) in [7, 11) is 0. The molecule has 4 unspecified atom stereocenters. The molecule has 1 aliphatic rings. The number of nitrogens with one attached hydrogen (secondary N) is 2. The topological polar surface area (TPSA) is 134 Å². The Bertz CT molecular complexity index is 1760. The van der Waals surface area contributed by atoms with E-state index in [4.69, 9.17) is 9.47 Å². The van der Waals surface area contributed by atoms with Gasteiger partial charge in [0, 0.05) is 48.6 Å². The number of carboxylic acids is 1. The van der Waals surface area contributed by atoms with E-state index in [1.54, 1.807) is 23.9 Å². The Labute approximate surface area is 303 Å². The van der Waals surface area contributed by atoms with Crippen LogP contribution in [0.5, 0.6) is 0 Å². The first-order valence-corrected chi connectivity index (χ1v) is 18.4. The lowest BCUT2D eigenvalue weighted by Gasteiger charge is -2.41. The Hall–Kier alpha value is -4.48. The highest BCUT2D eigenvalue weighted by Crippen LogP contribution is 2.43. The minimum absolute atomic E-state index is 0.00540. The van der Waals surface area contributed by atoms with E-state index in [0.29, 0.717) is 25.3 Å². The summed E-state index contributed by atoms with van der Waals surface area (Å²) in [6.45, 7) is 4.65. The number of thioether (sulfide) groups is 1. The second-order valence-corrected chi connectivity index (χ2v) is 14.0. The van der Waals surface area contributed by atoms with Crippen LogP contribution >= 0.6 is 11.8 Å². The highest BCUT2D eigenvalue weighted by molar-refractivity contribution is 7.99. The van der Waals surface area contributed by atoms with Crippen LogP contribution in [0.2, 0.25) is 0 Å². The predicted molar refractivity (Wildman–Crippen MR) is 198 cm³/mol. The van der Waals surface area contributed by atoms with Crippen molar-refractivity contribution in [2.45, 2.75) is 76.1 Å². The quantitative estimate of drug-likeness (QED) is 0.0697. The van der Waals surface area contributed by atoms with Gasteiger partial charge in [0.1, 0.15) is 0 Å². The van der Waals surface area contributed by atoms with E-state index < -0.39 is 12.3 Å². The number of rotatable bonds is 16. The van der Waals surface area contributed by atoms with Gasteiger partial charge in [0.15, 0.2) is 6.29 Å². The van der Waals surface area contributed by atoms with Crippen molar-refractivity contribution in [1.29, 1.82) is 0 Å². The number of aromatic carboxylic acids is 1. The largest absolute Gasteiger partial charge is 0.478 e. The normalized spacial score (nSPS) is 18.6. The molecule has 0 bridgehead atoms. The number of aliphatic hydroxyl groups excluding tert-OH is 1. The molecule has 4 N–H and O–H groups in total. The summed E-state index contributed by atoms with van der Waals surface area (Å²) in [4.78, 5) is 35.7. The minimum atomic E-state index is -0.953.